The molecule has 0 spiro atoms. The van der Waals surface area contributed by atoms with E-state index in [0.717, 1.165) is 61.3 Å². The van der Waals surface area contributed by atoms with E-state index in [1.165, 1.54) is 5.56 Å². The van der Waals surface area contributed by atoms with Gasteiger partial charge in [0.25, 0.3) is 0 Å². The summed E-state index contributed by atoms with van der Waals surface area (Å²) in [5.41, 5.74) is 2.30. The molecule has 1 fully saturated rings. The van der Waals surface area contributed by atoms with Gasteiger partial charge in [-0.2, -0.15) is 0 Å². The van der Waals surface area contributed by atoms with Crippen LogP contribution in [-0.2, 0) is 24.7 Å². The minimum absolute atomic E-state index is 0.203. The van der Waals surface area contributed by atoms with Gasteiger partial charge in [-0.1, -0.05) is 13.8 Å². The average molecular weight is 388 g/mol. The predicted octanol–water partition coefficient (Wildman–Crippen LogP) is 2.77. The minimum Gasteiger partial charge on any atom is -0.354 e. The van der Waals surface area contributed by atoms with Crippen LogP contribution in [0.2, 0.25) is 0 Å². The smallest absolute Gasteiger partial charge is 0.228 e. The second-order valence-electron chi connectivity index (χ2n) is 6.84. The van der Waals surface area contributed by atoms with E-state index in [2.05, 4.69) is 28.7 Å². The predicted molar refractivity (Wildman–Crippen MR) is 110 cm³/mol. The number of hydrogen-bond acceptors (Lipinski definition) is 5. The Morgan fingerprint density at radius 1 is 1.19 bits per heavy atom. The van der Waals surface area contributed by atoms with E-state index in [1.54, 1.807) is 6.33 Å². The molecule has 3 rings (SSSR count). The number of amides is 1. The van der Waals surface area contributed by atoms with Crippen molar-refractivity contribution in [1.82, 2.24) is 19.4 Å². The van der Waals surface area contributed by atoms with Crippen LogP contribution in [-0.4, -0.2) is 57.3 Å². The molecule has 1 amide bonds. The van der Waals surface area contributed by atoms with Crippen LogP contribution in [0.1, 0.15) is 31.5 Å². The van der Waals surface area contributed by atoms with Gasteiger partial charge in [-0.15, -0.1) is 11.8 Å². The fourth-order valence-corrected chi connectivity index (χ4v) is 4.34. The van der Waals surface area contributed by atoms with Crippen LogP contribution in [0.15, 0.2) is 29.7 Å². The molecule has 27 heavy (non-hydrogen) atoms. The van der Waals surface area contributed by atoms with Crippen molar-refractivity contribution in [2.75, 3.05) is 36.8 Å². The van der Waals surface area contributed by atoms with Gasteiger partial charge in [-0.05, 0) is 30.7 Å². The molecule has 0 atom stereocenters. The molecule has 146 valence electrons. The molecule has 0 unspecified atom stereocenters. The van der Waals surface area contributed by atoms with Gasteiger partial charge in [0.05, 0.1) is 6.42 Å². The number of carbonyl (C=O) groups is 1. The number of thioether (sulfide) groups is 1. The van der Waals surface area contributed by atoms with Gasteiger partial charge in [-0.25, -0.2) is 9.97 Å². The standard InChI is InChI=1S/C20H29N5OS/c1-4-13-27-20-17(5-2)19(21-15-22-20)25-11-9-24(10-12-25)18(26)14-16-7-6-8-23(16)3/h6-8,15H,4-5,9-14H2,1-3H3. The zero-order valence-electron chi connectivity index (χ0n) is 16.5. The molecule has 6 nitrogen and oxygen atoms in total. The monoisotopic (exact) mass is 387 g/mol. The molecule has 1 saturated heterocycles. The molecule has 0 bridgehead atoms. The maximum atomic E-state index is 12.6. The van der Waals surface area contributed by atoms with E-state index in [-0.39, 0.29) is 5.91 Å². The van der Waals surface area contributed by atoms with Crippen LogP contribution in [0.25, 0.3) is 0 Å². The van der Waals surface area contributed by atoms with Crippen molar-refractivity contribution in [1.29, 1.82) is 0 Å². The second-order valence-corrected chi connectivity index (χ2v) is 7.92. The topological polar surface area (TPSA) is 54.3 Å². The molecule has 0 N–H and O–H groups in total. The summed E-state index contributed by atoms with van der Waals surface area (Å²) in [6.07, 6.45) is 6.19. The number of aryl methyl sites for hydroxylation is 1. The number of aromatic nitrogens is 3. The molecule has 2 aromatic rings. The molecule has 0 aliphatic carbocycles. The van der Waals surface area contributed by atoms with Crippen molar-refractivity contribution in [3.63, 3.8) is 0 Å². The zero-order valence-corrected chi connectivity index (χ0v) is 17.3. The first kappa shape index (κ1) is 19.7. The summed E-state index contributed by atoms with van der Waals surface area (Å²) in [4.78, 5) is 26.0. The zero-order chi connectivity index (χ0) is 19.2. The fourth-order valence-electron chi connectivity index (χ4n) is 3.41. The van der Waals surface area contributed by atoms with Gasteiger partial charge in [0, 0.05) is 50.7 Å². The van der Waals surface area contributed by atoms with Crippen molar-refractivity contribution in [3.8, 4) is 0 Å². The highest BCUT2D eigenvalue weighted by atomic mass is 32.2. The Hall–Kier alpha value is -2.02. The second kappa shape index (κ2) is 9.26. The normalized spacial score (nSPS) is 14.6. The Kier molecular flexibility index (Phi) is 6.77. The van der Waals surface area contributed by atoms with E-state index in [1.807, 2.05) is 46.6 Å². The van der Waals surface area contributed by atoms with Crippen LogP contribution in [0.4, 0.5) is 5.82 Å². The number of anilines is 1. The van der Waals surface area contributed by atoms with Crippen molar-refractivity contribution in [3.05, 3.63) is 35.9 Å². The highest BCUT2D eigenvalue weighted by Gasteiger charge is 2.24. The first-order valence-electron chi connectivity index (χ1n) is 9.73. The lowest BCUT2D eigenvalue weighted by atomic mass is 10.2. The summed E-state index contributed by atoms with van der Waals surface area (Å²) in [5, 5.41) is 1.10. The van der Waals surface area contributed by atoms with Gasteiger partial charge in [0.2, 0.25) is 5.91 Å². The first-order chi connectivity index (χ1) is 13.1. The van der Waals surface area contributed by atoms with Crippen LogP contribution in [0.5, 0.6) is 0 Å². The quantitative estimate of drug-likeness (QED) is 0.540. The SMILES string of the molecule is CCCSc1ncnc(N2CCN(C(=O)Cc3cccn3C)CC2)c1CC. The van der Waals surface area contributed by atoms with Crippen LogP contribution >= 0.6 is 11.8 Å². The molecule has 1 aliphatic heterocycles. The van der Waals surface area contributed by atoms with E-state index >= 15 is 0 Å². The van der Waals surface area contributed by atoms with Crippen molar-refractivity contribution in [2.24, 2.45) is 7.05 Å². The largest absolute Gasteiger partial charge is 0.354 e. The average Bonchev–Trinajstić information content (AvgIpc) is 3.10. The summed E-state index contributed by atoms with van der Waals surface area (Å²) < 4.78 is 2.01. The van der Waals surface area contributed by atoms with E-state index in [0.29, 0.717) is 6.42 Å². The Morgan fingerprint density at radius 3 is 2.59 bits per heavy atom. The van der Waals surface area contributed by atoms with E-state index < -0.39 is 0 Å². The molecule has 1 aliphatic rings. The van der Waals surface area contributed by atoms with Gasteiger partial charge < -0.3 is 14.4 Å². The van der Waals surface area contributed by atoms with Crippen molar-refractivity contribution < 1.29 is 4.79 Å². The lowest BCUT2D eigenvalue weighted by molar-refractivity contribution is -0.130. The van der Waals surface area contributed by atoms with E-state index in [4.69, 9.17) is 0 Å². The maximum absolute atomic E-state index is 12.6. The number of nitrogens with zero attached hydrogens (tertiary/aromatic N) is 5. The Balaban J connectivity index is 1.63. The molecule has 0 radical (unpaired) electrons. The third-order valence-electron chi connectivity index (χ3n) is 5.00. The lowest BCUT2D eigenvalue weighted by Crippen LogP contribution is -2.49. The highest BCUT2D eigenvalue weighted by molar-refractivity contribution is 7.99. The summed E-state index contributed by atoms with van der Waals surface area (Å²) in [7, 11) is 1.98. The van der Waals surface area contributed by atoms with Crippen LogP contribution in [0, 0.1) is 0 Å². The number of piperazine rings is 1. The van der Waals surface area contributed by atoms with Crippen LogP contribution < -0.4 is 4.90 Å². The van der Waals surface area contributed by atoms with Gasteiger partial charge >= 0.3 is 0 Å². The summed E-state index contributed by atoms with van der Waals surface area (Å²) in [6.45, 7) is 7.48. The van der Waals surface area contributed by atoms with Crippen molar-refractivity contribution >= 4 is 23.5 Å². The molecular formula is C20H29N5OS. The summed E-state index contributed by atoms with van der Waals surface area (Å²) in [5.74, 6) is 2.32. The highest BCUT2D eigenvalue weighted by Crippen LogP contribution is 2.28. The Morgan fingerprint density at radius 2 is 1.96 bits per heavy atom. The van der Waals surface area contributed by atoms with Crippen molar-refractivity contribution in [2.45, 2.75) is 38.1 Å². The van der Waals surface area contributed by atoms with E-state index in [9.17, 15) is 4.79 Å². The number of rotatable bonds is 7. The molecule has 2 aromatic heterocycles. The van der Waals surface area contributed by atoms with Gasteiger partial charge in [-0.3, -0.25) is 4.79 Å². The fraction of sp³-hybridized carbons (Fsp3) is 0.550. The molecule has 0 saturated carbocycles. The molecule has 0 aromatic carbocycles. The molecular weight excluding hydrogens is 358 g/mol. The number of hydrogen-bond donors (Lipinski definition) is 0. The Labute approximate surface area is 166 Å². The minimum atomic E-state index is 0.203. The number of carbonyl (C=O) groups excluding carboxylic acids is 1. The van der Waals surface area contributed by atoms with Gasteiger partial charge in [0.15, 0.2) is 0 Å². The first-order valence-corrected chi connectivity index (χ1v) is 10.7. The van der Waals surface area contributed by atoms with Gasteiger partial charge in [0.1, 0.15) is 17.2 Å². The summed E-state index contributed by atoms with van der Waals surface area (Å²) in [6, 6.07) is 3.99. The van der Waals surface area contributed by atoms with Crippen LogP contribution in [0.3, 0.4) is 0 Å². The molecule has 3 heterocycles. The third-order valence-corrected chi connectivity index (χ3v) is 6.23. The summed E-state index contributed by atoms with van der Waals surface area (Å²) >= 11 is 1.81. The Bertz CT molecular complexity index is 767. The molecule has 7 heteroatoms. The third kappa shape index (κ3) is 4.64. The lowest BCUT2D eigenvalue weighted by Gasteiger charge is -2.36. The maximum Gasteiger partial charge on any atom is 0.228 e.